The molecule has 0 spiro atoms. The van der Waals surface area contributed by atoms with E-state index in [1.165, 1.54) is 18.3 Å². The third-order valence-corrected chi connectivity index (χ3v) is 2.69. The Hall–Kier alpha value is -1.79. The van der Waals surface area contributed by atoms with Crippen molar-refractivity contribution in [2.75, 3.05) is 5.32 Å². The lowest BCUT2D eigenvalue weighted by Gasteiger charge is -2.21. The minimum Gasteiger partial charge on any atom is -0.371 e. The maximum absolute atomic E-state index is 12.7. The number of hydrogen-bond donors (Lipinski definition) is 2. The molecule has 1 aliphatic rings. The van der Waals surface area contributed by atoms with E-state index in [0.29, 0.717) is 0 Å². The van der Waals surface area contributed by atoms with Crippen LogP contribution in [0.1, 0.15) is 23.3 Å². The van der Waals surface area contributed by atoms with Gasteiger partial charge in [-0.15, -0.1) is 0 Å². The number of aromatic nitrogens is 1. The van der Waals surface area contributed by atoms with E-state index in [1.54, 1.807) is 0 Å². The molecule has 0 radical (unpaired) electrons. The molecule has 3 N–H and O–H groups in total. The fourth-order valence-electron chi connectivity index (χ4n) is 1.52. The Labute approximate surface area is 95.0 Å². The molecule has 17 heavy (non-hydrogen) atoms. The summed E-state index contributed by atoms with van der Waals surface area (Å²) in [6.07, 6.45) is -2.99. The summed E-state index contributed by atoms with van der Waals surface area (Å²) in [5.41, 5.74) is 3.27. The van der Waals surface area contributed by atoms with E-state index in [2.05, 4.69) is 10.3 Å². The number of primary amides is 1. The van der Waals surface area contributed by atoms with Gasteiger partial charge in [-0.05, 0) is 25.0 Å². The van der Waals surface area contributed by atoms with Gasteiger partial charge < -0.3 is 11.1 Å². The van der Waals surface area contributed by atoms with Crippen molar-refractivity contribution in [2.45, 2.75) is 24.6 Å². The highest BCUT2D eigenvalue weighted by molar-refractivity contribution is 5.91. The summed E-state index contributed by atoms with van der Waals surface area (Å²) >= 11 is 0. The largest absolute Gasteiger partial charge is 0.411 e. The predicted molar refractivity (Wildman–Crippen MR) is 54.4 cm³/mol. The molecule has 0 saturated heterocycles. The lowest BCUT2D eigenvalue weighted by atomic mass is 10.2. The first-order valence-electron chi connectivity index (χ1n) is 4.95. The van der Waals surface area contributed by atoms with Crippen LogP contribution in [0.2, 0.25) is 0 Å². The number of carbonyl (C=O) groups excluding carboxylic acids is 1. The molecule has 0 aromatic carbocycles. The molecule has 0 unspecified atom stereocenters. The van der Waals surface area contributed by atoms with Crippen LogP contribution in [0.15, 0.2) is 18.3 Å². The van der Waals surface area contributed by atoms with Gasteiger partial charge in [-0.1, -0.05) is 0 Å². The van der Waals surface area contributed by atoms with Crippen LogP contribution in [0.4, 0.5) is 18.9 Å². The highest BCUT2D eigenvalue weighted by atomic mass is 19.4. The number of amides is 1. The van der Waals surface area contributed by atoms with E-state index in [9.17, 15) is 18.0 Å². The number of pyridine rings is 1. The molecule has 2 rings (SSSR count). The summed E-state index contributed by atoms with van der Waals surface area (Å²) in [5.74, 6) is -0.773. The highest BCUT2D eigenvalue weighted by Gasteiger charge is 2.63. The van der Waals surface area contributed by atoms with Gasteiger partial charge in [-0.25, -0.2) is 0 Å². The Morgan fingerprint density at radius 2 is 2.12 bits per heavy atom. The molecule has 92 valence electrons. The molecule has 1 heterocycles. The zero-order chi connectivity index (χ0) is 12.7. The van der Waals surface area contributed by atoms with E-state index in [-0.39, 0.29) is 24.2 Å². The third kappa shape index (κ3) is 2.17. The smallest absolute Gasteiger partial charge is 0.371 e. The van der Waals surface area contributed by atoms with Crippen LogP contribution >= 0.6 is 0 Å². The van der Waals surface area contributed by atoms with Gasteiger partial charge in [0, 0.05) is 11.9 Å². The zero-order valence-electron chi connectivity index (χ0n) is 8.71. The quantitative estimate of drug-likeness (QED) is 0.851. The van der Waals surface area contributed by atoms with E-state index in [4.69, 9.17) is 5.73 Å². The molecular formula is C10H10F3N3O. The first-order chi connectivity index (χ1) is 7.84. The average molecular weight is 245 g/mol. The molecule has 0 aliphatic heterocycles. The molecule has 1 aromatic rings. The third-order valence-electron chi connectivity index (χ3n) is 2.69. The SMILES string of the molecule is NC(=O)c1cc(NC2(C(F)(F)F)CC2)ccn1. The van der Waals surface area contributed by atoms with Crippen LogP contribution in [0.25, 0.3) is 0 Å². The van der Waals surface area contributed by atoms with Crippen molar-refractivity contribution in [1.29, 1.82) is 0 Å². The monoisotopic (exact) mass is 245 g/mol. The lowest BCUT2D eigenvalue weighted by Crippen LogP contribution is -2.38. The van der Waals surface area contributed by atoms with Crippen molar-refractivity contribution in [3.05, 3.63) is 24.0 Å². The summed E-state index contributed by atoms with van der Waals surface area (Å²) < 4.78 is 38.0. The number of alkyl halides is 3. The maximum atomic E-state index is 12.7. The van der Waals surface area contributed by atoms with Gasteiger partial charge in [0.25, 0.3) is 5.91 Å². The Bertz CT molecular complexity index is 454. The molecule has 1 amide bonds. The van der Waals surface area contributed by atoms with Crippen LogP contribution < -0.4 is 11.1 Å². The fourth-order valence-corrected chi connectivity index (χ4v) is 1.52. The second-order valence-electron chi connectivity index (χ2n) is 4.00. The first-order valence-corrected chi connectivity index (χ1v) is 4.95. The Morgan fingerprint density at radius 1 is 1.47 bits per heavy atom. The fraction of sp³-hybridized carbons (Fsp3) is 0.400. The molecule has 1 saturated carbocycles. The summed E-state index contributed by atoms with van der Waals surface area (Å²) in [4.78, 5) is 14.5. The van der Waals surface area contributed by atoms with Crippen molar-refractivity contribution in [1.82, 2.24) is 4.98 Å². The van der Waals surface area contributed by atoms with Crippen LogP contribution in [-0.4, -0.2) is 22.6 Å². The first kappa shape index (κ1) is 11.7. The molecule has 0 bridgehead atoms. The topological polar surface area (TPSA) is 68.0 Å². The second kappa shape index (κ2) is 3.61. The Morgan fingerprint density at radius 3 is 2.59 bits per heavy atom. The van der Waals surface area contributed by atoms with Gasteiger partial charge in [-0.2, -0.15) is 13.2 Å². The van der Waals surface area contributed by atoms with Crippen LogP contribution in [0, 0.1) is 0 Å². The van der Waals surface area contributed by atoms with E-state index in [0.717, 1.165) is 0 Å². The molecule has 4 nitrogen and oxygen atoms in total. The number of carbonyl (C=O) groups is 1. The van der Waals surface area contributed by atoms with Crippen molar-refractivity contribution in [2.24, 2.45) is 5.73 Å². The molecule has 1 aromatic heterocycles. The number of nitrogens with one attached hydrogen (secondary N) is 1. The lowest BCUT2D eigenvalue weighted by molar-refractivity contribution is -0.151. The van der Waals surface area contributed by atoms with Crippen LogP contribution in [0.3, 0.4) is 0 Å². The number of hydrogen-bond acceptors (Lipinski definition) is 3. The van der Waals surface area contributed by atoms with E-state index in [1.807, 2.05) is 0 Å². The standard InChI is InChI=1S/C10H10F3N3O/c11-10(12,13)9(2-3-9)16-6-1-4-15-7(5-6)8(14)17/h1,4-5H,2-3H2,(H2,14,17)(H,15,16). The van der Waals surface area contributed by atoms with Crippen molar-refractivity contribution in [3.63, 3.8) is 0 Å². The Balaban J connectivity index is 2.20. The van der Waals surface area contributed by atoms with Crippen LogP contribution in [-0.2, 0) is 0 Å². The summed E-state index contributed by atoms with van der Waals surface area (Å²) in [6.45, 7) is 0. The number of rotatable bonds is 3. The summed E-state index contributed by atoms with van der Waals surface area (Å²) in [6, 6.07) is 2.59. The van der Waals surface area contributed by atoms with Gasteiger partial charge in [0.05, 0.1) is 0 Å². The number of anilines is 1. The number of nitrogens with two attached hydrogens (primary N) is 1. The highest BCUT2D eigenvalue weighted by Crippen LogP contribution is 2.51. The summed E-state index contributed by atoms with van der Waals surface area (Å²) in [5, 5.41) is 2.39. The molecule has 0 atom stereocenters. The molecule has 1 aliphatic carbocycles. The van der Waals surface area contributed by atoms with Gasteiger partial charge in [0.15, 0.2) is 0 Å². The predicted octanol–water partition coefficient (Wildman–Crippen LogP) is 1.69. The summed E-state index contributed by atoms with van der Waals surface area (Å²) in [7, 11) is 0. The molecular weight excluding hydrogens is 235 g/mol. The maximum Gasteiger partial charge on any atom is 0.411 e. The second-order valence-corrected chi connectivity index (χ2v) is 4.00. The van der Waals surface area contributed by atoms with Gasteiger partial charge >= 0.3 is 6.18 Å². The van der Waals surface area contributed by atoms with Gasteiger partial charge in [0.1, 0.15) is 11.2 Å². The minimum atomic E-state index is -4.30. The van der Waals surface area contributed by atoms with Crippen molar-refractivity contribution < 1.29 is 18.0 Å². The minimum absolute atomic E-state index is 0.0325. The van der Waals surface area contributed by atoms with Crippen molar-refractivity contribution >= 4 is 11.6 Å². The number of halogens is 3. The van der Waals surface area contributed by atoms with Crippen molar-refractivity contribution in [3.8, 4) is 0 Å². The normalized spacial score (nSPS) is 17.6. The number of nitrogens with zero attached hydrogens (tertiary/aromatic N) is 1. The average Bonchev–Trinajstić information content (AvgIpc) is 2.98. The van der Waals surface area contributed by atoms with Gasteiger partial charge in [-0.3, -0.25) is 9.78 Å². The molecule has 7 heteroatoms. The van der Waals surface area contributed by atoms with E-state index < -0.39 is 17.6 Å². The van der Waals surface area contributed by atoms with Gasteiger partial charge in [0.2, 0.25) is 0 Å². The van der Waals surface area contributed by atoms with E-state index >= 15 is 0 Å². The Kier molecular flexibility index (Phi) is 2.48. The van der Waals surface area contributed by atoms with Crippen LogP contribution in [0.5, 0.6) is 0 Å². The zero-order valence-corrected chi connectivity index (χ0v) is 8.71. The molecule has 1 fully saturated rings.